The number of benzene rings is 2. The van der Waals surface area contributed by atoms with E-state index in [0.29, 0.717) is 0 Å². The van der Waals surface area contributed by atoms with Crippen LogP contribution < -0.4 is 15.8 Å². The van der Waals surface area contributed by atoms with Crippen molar-refractivity contribution in [3.05, 3.63) is 72.4 Å². The summed E-state index contributed by atoms with van der Waals surface area (Å²) in [6, 6.07) is 20.0. The van der Waals surface area contributed by atoms with E-state index in [0.717, 1.165) is 35.5 Å². The van der Waals surface area contributed by atoms with Crippen LogP contribution in [0.15, 0.2) is 66.9 Å². The molecule has 0 aliphatic rings. The summed E-state index contributed by atoms with van der Waals surface area (Å²) in [5.41, 5.74) is 8.58. The lowest BCUT2D eigenvalue weighted by Crippen LogP contribution is -2.16. The van der Waals surface area contributed by atoms with Crippen molar-refractivity contribution in [2.75, 3.05) is 19.3 Å². The minimum absolute atomic E-state index is 0. The fourth-order valence-electron chi connectivity index (χ4n) is 2.66. The summed E-state index contributed by atoms with van der Waals surface area (Å²) >= 11 is 0. The van der Waals surface area contributed by atoms with Gasteiger partial charge < -0.3 is 15.8 Å². The second kappa shape index (κ2) is 9.79. The van der Waals surface area contributed by atoms with Gasteiger partial charge in [-0.3, -0.25) is 0 Å². The second-order valence-corrected chi connectivity index (χ2v) is 5.74. The number of nitrogens with zero attached hydrogens (tertiary/aromatic N) is 2. The molecule has 3 rings (SSSR count). The maximum Gasteiger partial charge on any atom is 0.220 e. The Hall–Kier alpha value is -2.57. The fraction of sp³-hybridized carbons (Fsp3) is 0.200. The number of aromatic nitrogens is 2. The van der Waals surface area contributed by atoms with Crippen LogP contribution in [0.25, 0.3) is 11.3 Å². The van der Waals surface area contributed by atoms with Gasteiger partial charge >= 0.3 is 0 Å². The molecule has 0 bridgehead atoms. The first-order valence-electron chi connectivity index (χ1n) is 8.31. The Bertz CT molecular complexity index is 814. The van der Waals surface area contributed by atoms with Crippen molar-refractivity contribution in [1.29, 1.82) is 0 Å². The molecule has 6 heteroatoms. The molecule has 0 unspecified atom stereocenters. The molecule has 26 heavy (non-hydrogen) atoms. The minimum Gasteiger partial charge on any atom is -0.486 e. The number of ether oxygens (including phenoxy) is 1. The van der Waals surface area contributed by atoms with E-state index in [-0.39, 0.29) is 25.5 Å². The lowest BCUT2D eigenvalue weighted by Gasteiger charge is -2.20. The van der Waals surface area contributed by atoms with E-state index in [4.69, 9.17) is 10.5 Å². The van der Waals surface area contributed by atoms with Crippen LogP contribution in [0.3, 0.4) is 0 Å². The van der Waals surface area contributed by atoms with E-state index in [1.54, 1.807) is 6.20 Å². The number of rotatable bonds is 7. The van der Waals surface area contributed by atoms with Crippen LogP contribution >= 0.6 is 13.5 Å². The van der Waals surface area contributed by atoms with Crippen molar-refractivity contribution < 1.29 is 4.74 Å². The highest BCUT2D eigenvalue weighted by atomic mass is 32.1. The number of hydrogen-bond donors (Lipinski definition) is 2. The standard InChI is InChI=1S/C20H22N4O.H2S/c1-22-12-11-19(15-6-3-2-4-7-15)25-17-9-5-8-16(14-17)18-10-13-23-20(21)24-18;/h2-10,13-14,19,22H,11-12H2,1H3,(H2,21,23,24);1H2/t19-;/m0./s1. The molecule has 0 aliphatic heterocycles. The van der Waals surface area contributed by atoms with Gasteiger partial charge in [0.05, 0.1) is 5.69 Å². The number of nitrogen functional groups attached to an aromatic ring is 1. The van der Waals surface area contributed by atoms with E-state index in [9.17, 15) is 0 Å². The highest BCUT2D eigenvalue weighted by molar-refractivity contribution is 7.59. The van der Waals surface area contributed by atoms with Gasteiger partial charge in [0, 0.05) is 18.2 Å². The monoisotopic (exact) mass is 368 g/mol. The summed E-state index contributed by atoms with van der Waals surface area (Å²) in [7, 11) is 1.95. The predicted octanol–water partition coefficient (Wildman–Crippen LogP) is 3.57. The minimum atomic E-state index is -0.0145. The Morgan fingerprint density at radius 3 is 2.62 bits per heavy atom. The van der Waals surface area contributed by atoms with Crippen molar-refractivity contribution in [2.24, 2.45) is 0 Å². The highest BCUT2D eigenvalue weighted by Gasteiger charge is 2.13. The van der Waals surface area contributed by atoms with Gasteiger partial charge in [0.2, 0.25) is 5.95 Å². The molecular formula is C20H24N4OS. The fourth-order valence-corrected chi connectivity index (χ4v) is 2.66. The molecule has 0 spiro atoms. The van der Waals surface area contributed by atoms with E-state index < -0.39 is 0 Å². The topological polar surface area (TPSA) is 73.1 Å². The SMILES string of the molecule is CNCC[C@H](Oc1cccc(-c2ccnc(N)n2)c1)c1ccccc1.S. The zero-order valence-corrected chi connectivity index (χ0v) is 15.7. The lowest BCUT2D eigenvalue weighted by molar-refractivity contribution is 0.195. The summed E-state index contributed by atoms with van der Waals surface area (Å²) in [6.07, 6.45) is 2.52. The first-order valence-corrected chi connectivity index (χ1v) is 8.31. The largest absolute Gasteiger partial charge is 0.486 e. The molecule has 5 nitrogen and oxygen atoms in total. The van der Waals surface area contributed by atoms with Crippen LogP contribution in [0.5, 0.6) is 5.75 Å². The van der Waals surface area contributed by atoms with Gasteiger partial charge in [0.15, 0.2) is 0 Å². The molecular weight excluding hydrogens is 344 g/mol. The zero-order chi connectivity index (χ0) is 17.5. The van der Waals surface area contributed by atoms with Gasteiger partial charge in [-0.2, -0.15) is 13.5 Å². The van der Waals surface area contributed by atoms with E-state index in [1.165, 1.54) is 0 Å². The molecule has 3 N–H and O–H groups in total. The quantitative estimate of drug-likeness (QED) is 0.667. The molecule has 0 fully saturated rings. The average molecular weight is 369 g/mol. The predicted molar refractivity (Wildman–Crippen MR) is 111 cm³/mol. The van der Waals surface area contributed by atoms with Crippen LogP contribution in [-0.2, 0) is 0 Å². The molecule has 0 radical (unpaired) electrons. The normalized spacial score (nSPS) is 11.4. The Balaban J connectivity index is 0.00000243. The molecule has 0 saturated carbocycles. The maximum atomic E-state index is 6.28. The zero-order valence-electron chi connectivity index (χ0n) is 14.7. The Morgan fingerprint density at radius 2 is 1.88 bits per heavy atom. The third-order valence-corrected chi connectivity index (χ3v) is 3.91. The summed E-state index contributed by atoms with van der Waals surface area (Å²) in [5, 5.41) is 3.19. The van der Waals surface area contributed by atoms with Gasteiger partial charge in [-0.1, -0.05) is 42.5 Å². The molecule has 2 aromatic carbocycles. The maximum absolute atomic E-state index is 6.28. The van der Waals surface area contributed by atoms with Crippen molar-refractivity contribution in [3.8, 4) is 17.0 Å². The summed E-state index contributed by atoms with van der Waals surface area (Å²) in [6.45, 7) is 0.877. The third kappa shape index (κ3) is 5.21. The van der Waals surface area contributed by atoms with Gasteiger partial charge in [0.25, 0.3) is 0 Å². The second-order valence-electron chi connectivity index (χ2n) is 5.74. The summed E-state index contributed by atoms with van der Waals surface area (Å²) < 4.78 is 6.28. The van der Waals surface area contributed by atoms with E-state index in [2.05, 4.69) is 27.4 Å². The number of nitrogens with two attached hydrogens (primary N) is 1. The van der Waals surface area contributed by atoms with Gasteiger partial charge in [-0.05, 0) is 37.4 Å². The number of hydrogen-bond acceptors (Lipinski definition) is 5. The van der Waals surface area contributed by atoms with Crippen LogP contribution in [0.2, 0.25) is 0 Å². The highest BCUT2D eigenvalue weighted by Crippen LogP contribution is 2.28. The van der Waals surface area contributed by atoms with Gasteiger partial charge in [-0.15, -0.1) is 0 Å². The van der Waals surface area contributed by atoms with Crippen molar-refractivity contribution >= 4 is 19.4 Å². The molecule has 0 amide bonds. The molecule has 1 heterocycles. The van der Waals surface area contributed by atoms with E-state index >= 15 is 0 Å². The van der Waals surface area contributed by atoms with Crippen LogP contribution in [0.1, 0.15) is 18.1 Å². The smallest absolute Gasteiger partial charge is 0.220 e. The first kappa shape index (κ1) is 19.8. The summed E-state index contributed by atoms with van der Waals surface area (Å²) in [5.74, 6) is 1.07. The Labute approximate surface area is 161 Å². The van der Waals surface area contributed by atoms with Crippen LogP contribution in [0, 0.1) is 0 Å². The number of nitrogens with one attached hydrogen (secondary N) is 1. The molecule has 136 valence electrons. The van der Waals surface area contributed by atoms with Crippen LogP contribution in [0.4, 0.5) is 5.95 Å². The lowest BCUT2D eigenvalue weighted by atomic mass is 10.1. The van der Waals surface area contributed by atoms with Crippen LogP contribution in [-0.4, -0.2) is 23.6 Å². The summed E-state index contributed by atoms with van der Waals surface area (Å²) in [4.78, 5) is 8.21. The molecule has 3 aromatic rings. The van der Waals surface area contributed by atoms with Gasteiger partial charge in [0.1, 0.15) is 11.9 Å². The Morgan fingerprint density at radius 1 is 1.08 bits per heavy atom. The first-order chi connectivity index (χ1) is 12.3. The molecule has 0 saturated heterocycles. The molecule has 1 aromatic heterocycles. The Kier molecular flexibility index (Phi) is 7.44. The number of anilines is 1. The molecule has 1 atom stereocenters. The van der Waals surface area contributed by atoms with Crippen molar-refractivity contribution in [1.82, 2.24) is 15.3 Å². The van der Waals surface area contributed by atoms with Crippen molar-refractivity contribution in [3.63, 3.8) is 0 Å². The molecule has 0 aliphatic carbocycles. The third-order valence-electron chi connectivity index (χ3n) is 3.91. The van der Waals surface area contributed by atoms with Gasteiger partial charge in [-0.25, -0.2) is 9.97 Å². The van der Waals surface area contributed by atoms with Crippen molar-refractivity contribution in [2.45, 2.75) is 12.5 Å². The van der Waals surface area contributed by atoms with E-state index in [1.807, 2.05) is 55.6 Å². The average Bonchev–Trinajstić information content (AvgIpc) is 2.66.